The molecule has 0 radical (unpaired) electrons. The maximum absolute atomic E-state index is 12.4. The minimum absolute atomic E-state index is 0.291. The Hall–Kier alpha value is -1.06. The van der Waals surface area contributed by atoms with Gasteiger partial charge in [-0.1, -0.05) is 26.7 Å². The molecule has 1 fully saturated rings. The summed E-state index contributed by atoms with van der Waals surface area (Å²) in [5.41, 5.74) is -0.532. The molecule has 4 nitrogen and oxygen atoms in total. The van der Waals surface area contributed by atoms with Gasteiger partial charge in [0.1, 0.15) is 11.9 Å². The molecule has 116 valence electrons. The summed E-state index contributed by atoms with van der Waals surface area (Å²) in [5, 5.41) is 0. The first-order valence-electron chi connectivity index (χ1n) is 7.69. The van der Waals surface area contributed by atoms with Crippen LogP contribution < -0.4 is 0 Å². The van der Waals surface area contributed by atoms with E-state index in [0.29, 0.717) is 18.4 Å². The Morgan fingerprint density at radius 3 is 2.25 bits per heavy atom. The zero-order chi connectivity index (χ0) is 15.3. The highest BCUT2D eigenvalue weighted by molar-refractivity contribution is 5.74. The molecule has 1 aliphatic carbocycles. The Bertz CT molecular complexity index is 327. The molecule has 0 aliphatic heterocycles. The van der Waals surface area contributed by atoms with E-state index in [1.807, 2.05) is 34.6 Å². The van der Waals surface area contributed by atoms with E-state index in [1.165, 1.54) is 0 Å². The van der Waals surface area contributed by atoms with Gasteiger partial charge in [-0.3, -0.25) is 4.90 Å². The van der Waals surface area contributed by atoms with Crippen molar-refractivity contribution in [2.45, 2.75) is 71.9 Å². The maximum atomic E-state index is 12.4. The highest BCUT2D eigenvalue weighted by atomic mass is 16.6. The lowest BCUT2D eigenvalue weighted by molar-refractivity contribution is -0.114. The second-order valence-corrected chi connectivity index (χ2v) is 7.20. The molecule has 0 bridgehead atoms. The third-order valence-corrected chi connectivity index (χ3v) is 3.57. The summed E-state index contributed by atoms with van der Waals surface area (Å²) in [5.74, 6) is 0.602. The standard InChI is InChI=1S/C16H29NO3/c1-12(2)10-17(15(19)20-16(3,4)5)14(11-18)13-8-6-7-9-13/h11-14H,6-10H2,1-5H3. The van der Waals surface area contributed by atoms with Gasteiger partial charge in [-0.2, -0.15) is 0 Å². The SMILES string of the molecule is CC(C)CN(C(=O)OC(C)(C)C)C(C=O)C1CCCC1. The van der Waals surface area contributed by atoms with Crippen molar-refractivity contribution in [3.63, 3.8) is 0 Å². The highest BCUT2D eigenvalue weighted by Crippen LogP contribution is 2.30. The molecule has 1 amide bonds. The zero-order valence-electron chi connectivity index (χ0n) is 13.5. The Kier molecular flexibility index (Phi) is 6.03. The predicted molar refractivity (Wildman–Crippen MR) is 79.6 cm³/mol. The van der Waals surface area contributed by atoms with Gasteiger partial charge >= 0.3 is 6.09 Å². The van der Waals surface area contributed by atoms with Gasteiger partial charge in [0.15, 0.2) is 0 Å². The molecule has 20 heavy (non-hydrogen) atoms. The van der Waals surface area contributed by atoms with E-state index < -0.39 is 5.60 Å². The number of carbonyl (C=O) groups is 2. The Morgan fingerprint density at radius 1 is 1.30 bits per heavy atom. The number of nitrogens with zero attached hydrogens (tertiary/aromatic N) is 1. The summed E-state index contributed by atoms with van der Waals surface area (Å²) in [4.78, 5) is 25.6. The molecule has 1 unspecified atom stereocenters. The zero-order valence-corrected chi connectivity index (χ0v) is 13.5. The van der Waals surface area contributed by atoms with Crippen LogP contribution in [-0.4, -0.2) is 35.5 Å². The van der Waals surface area contributed by atoms with Crippen molar-refractivity contribution in [3.8, 4) is 0 Å². The molecule has 0 aromatic carbocycles. The van der Waals surface area contributed by atoms with Crippen LogP contribution in [0.5, 0.6) is 0 Å². The van der Waals surface area contributed by atoms with Crippen LogP contribution in [0.2, 0.25) is 0 Å². The van der Waals surface area contributed by atoms with Gasteiger partial charge in [-0.05, 0) is 45.4 Å². The van der Waals surface area contributed by atoms with Crippen molar-refractivity contribution in [3.05, 3.63) is 0 Å². The predicted octanol–water partition coefficient (Wildman–Crippen LogP) is 3.64. The van der Waals surface area contributed by atoms with E-state index in [-0.39, 0.29) is 12.1 Å². The van der Waals surface area contributed by atoms with Gasteiger partial charge in [-0.25, -0.2) is 4.79 Å². The molecule has 0 aromatic rings. The minimum Gasteiger partial charge on any atom is -0.444 e. The van der Waals surface area contributed by atoms with Crippen molar-refractivity contribution in [1.82, 2.24) is 4.90 Å². The number of amides is 1. The van der Waals surface area contributed by atoms with Crippen LogP contribution in [0.3, 0.4) is 0 Å². The van der Waals surface area contributed by atoms with E-state index in [2.05, 4.69) is 0 Å². The van der Waals surface area contributed by atoms with Crippen LogP contribution in [-0.2, 0) is 9.53 Å². The summed E-state index contributed by atoms with van der Waals surface area (Å²) in [6, 6.07) is -0.338. The lowest BCUT2D eigenvalue weighted by Gasteiger charge is -2.34. The average molecular weight is 283 g/mol. The van der Waals surface area contributed by atoms with Crippen LogP contribution in [0.15, 0.2) is 0 Å². The van der Waals surface area contributed by atoms with Crippen molar-refractivity contribution >= 4 is 12.4 Å². The molecule has 4 heteroatoms. The third-order valence-electron chi connectivity index (χ3n) is 3.57. The fraction of sp³-hybridized carbons (Fsp3) is 0.875. The van der Waals surface area contributed by atoms with Crippen molar-refractivity contribution in [2.24, 2.45) is 11.8 Å². The maximum Gasteiger partial charge on any atom is 0.410 e. The molecule has 0 N–H and O–H groups in total. The smallest absolute Gasteiger partial charge is 0.410 e. The summed E-state index contributed by atoms with van der Waals surface area (Å²) < 4.78 is 5.47. The van der Waals surface area contributed by atoms with Gasteiger partial charge in [0.05, 0.1) is 6.04 Å². The first kappa shape index (κ1) is 17.0. The van der Waals surface area contributed by atoms with Crippen LogP contribution in [0.1, 0.15) is 60.3 Å². The Morgan fingerprint density at radius 2 is 1.85 bits per heavy atom. The second-order valence-electron chi connectivity index (χ2n) is 7.20. The fourth-order valence-corrected chi connectivity index (χ4v) is 2.77. The van der Waals surface area contributed by atoms with E-state index in [4.69, 9.17) is 4.74 Å². The molecule has 0 spiro atoms. The van der Waals surface area contributed by atoms with Gasteiger partial charge < -0.3 is 9.53 Å². The average Bonchev–Trinajstić information content (AvgIpc) is 2.79. The summed E-state index contributed by atoms with van der Waals surface area (Å²) in [7, 11) is 0. The number of hydrogen-bond acceptors (Lipinski definition) is 3. The molecule has 1 saturated carbocycles. The number of ether oxygens (including phenoxy) is 1. The third kappa shape index (κ3) is 5.14. The van der Waals surface area contributed by atoms with Gasteiger partial charge in [0, 0.05) is 6.54 Å². The molecule has 1 aliphatic rings. The van der Waals surface area contributed by atoms with Crippen molar-refractivity contribution in [2.75, 3.05) is 6.54 Å². The van der Waals surface area contributed by atoms with E-state index in [1.54, 1.807) is 4.90 Å². The van der Waals surface area contributed by atoms with Crippen LogP contribution in [0, 0.1) is 11.8 Å². The van der Waals surface area contributed by atoms with Gasteiger partial charge in [-0.15, -0.1) is 0 Å². The summed E-state index contributed by atoms with van der Waals surface area (Å²) >= 11 is 0. The quantitative estimate of drug-likeness (QED) is 0.724. The van der Waals surface area contributed by atoms with Crippen molar-refractivity contribution in [1.29, 1.82) is 0 Å². The second kappa shape index (κ2) is 7.09. The normalized spacial score (nSPS) is 18.1. The topological polar surface area (TPSA) is 46.6 Å². The summed E-state index contributed by atoms with van der Waals surface area (Å²) in [6.45, 7) is 10.2. The minimum atomic E-state index is -0.532. The first-order chi connectivity index (χ1) is 9.24. The lowest BCUT2D eigenvalue weighted by Crippen LogP contribution is -2.48. The number of carbonyl (C=O) groups excluding carboxylic acids is 2. The van der Waals surface area contributed by atoms with Crippen molar-refractivity contribution < 1.29 is 14.3 Å². The van der Waals surface area contributed by atoms with E-state index in [0.717, 1.165) is 32.0 Å². The summed E-state index contributed by atoms with van der Waals surface area (Å²) in [6.07, 6.45) is 4.93. The molecule has 0 saturated heterocycles. The molecule has 1 atom stereocenters. The molecule has 1 rings (SSSR count). The van der Waals surface area contributed by atoms with Crippen LogP contribution in [0.4, 0.5) is 4.79 Å². The molecule has 0 aromatic heterocycles. The van der Waals surface area contributed by atoms with E-state index in [9.17, 15) is 9.59 Å². The van der Waals surface area contributed by atoms with E-state index >= 15 is 0 Å². The van der Waals surface area contributed by atoms with Crippen LogP contribution in [0.25, 0.3) is 0 Å². The molecular weight excluding hydrogens is 254 g/mol. The molecular formula is C16H29NO3. The Balaban J connectivity index is 2.85. The number of aldehydes is 1. The largest absolute Gasteiger partial charge is 0.444 e. The monoisotopic (exact) mass is 283 g/mol. The lowest BCUT2D eigenvalue weighted by atomic mass is 9.97. The number of rotatable bonds is 5. The van der Waals surface area contributed by atoms with Crippen LogP contribution >= 0.6 is 0 Å². The first-order valence-corrected chi connectivity index (χ1v) is 7.69. The van der Waals surface area contributed by atoms with Gasteiger partial charge in [0.25, 0.3) is 0 Å². The van der Waals surface area contributed by atoms with Gasteiger partial charge in [0.2, 0.25) is 0 Å². The fourth-order valence-electron chi connectivity index (χ4n) is 2.77. The molecule has 0 heterocycles. The number of hydrogen-bond donors (Lipinski definition) is 0. The Labute approximate surface area is 122 Å². The highest BCUT2D eigenvalue weighted by Gasteiger charge is 2.34.